The van der Waals surface area contributed by atoms with Crippen LogP contribution >= 0.6 is 11.6 Å². The maximum atomic E-state index is 5.58. The third-order valence-electron chi connectivity index (χ3n) is 2.44. The molecule has 0 aromatic heterocycles. The lowest BCUT2D eigenvalue weighted by Crippen LogP contribution is -2.00. The molecule has 0 heterocycles. The predicted octanol–water partition coefficient (Wildman–Crippen LogP) is 2.79. The van der Waals surface area contributed by atoms with E-state index >= 15 is 0 Å². The van der Waals surface area contributed by atoms with Gasteiger partial charge in [-0.05, 0) is 36.5 Å². The summed E-state index contributed by atoms with van der Waals surface area (Å²) in [7, 11) is 0. The van der Waals surface area contributed by atoms with Gasteiger partial charge in [0.2, 0.25) is 0 Å². The molecule has 0 fully saturated rings. The molecular weight excluding hydrogens is 184 g/mol. The van der Waals surface area contributed by atoms with Crippen molar-refractivity contribution in [1.82, 2.24) is 0 Å². The van der Waals surface area contributed by atoms with Crippen LogP contribution in [0.1, 0.15) is 17.5 Å². The minimum Gasteiger partial charge on any atom is -0.492 e. The lowest BCUT2D eigenvalue weighted by atomic mass is 10.1. The number of ether oxygens (including phenoxy) is 1. The first-order chi connectivity index (χ1) is 6.42. The Morgan fingerprint density at radius 1 is 1.31 bits per heavy atom. The first kappa shape index (κ1) is 8.89. The SMILES string of the molecule is ClCCOc1cccc2c1CCC2. The van der Waals surface area contributed by atoms with Gasteiger partial charge in [-0.15, -0.1) is 11.6 Å². The van der Waals surface area contributed by atoms with E-state index < -0.39 is 0 Å². The second-order valence-corrected chi connectivity index (χ2v) is 3.66. The Bertz CT molecular complexity index is 296. The van der Waals surface area contributed by atoms with Gasteiger partial charge in [-0.3, -0.25) is 0 Å². The van der Waals surface area contributed by atoms with Gasteiger partial charge in [0.25, 0.3) is 0 Å². The average Bonchev–Trinajstić information content (AvgIpc) is 2.62. The van der Waals surface area contributed by atoms with Crippen LogP contribution in [0.2, 0.25) is 0 Å². The van der Waals surface area contributed by atoms with E-state index in [1.807, 2.05) is 6.07 Å². The minimum absolute atomic E-state index is 0.559. The molecular formula is C11H13ClO. The minimum atomic E-state index is 0.559. The highest BCUT2D eigenvalue weighted by Gasteiger charge is 2.14. The molecule has 1 nitrogen and oxygen atoms in total. The Balaban J connectivity index is 2.20. The Morgan fingerprint density at radius 2 is 2.23 bits per heavy atom. The Labute approximate surface area is 83.7 Å². The van der Waals surface area contributed by atoms with Crippen LogP contribution in [0, 0.1) is 0 Å². The molecule has 2 rings (SSSR count). The summed E-state index contributed by atoms with van der Waals surface area (Å²) in [4.78, 5) is 0. The topological polar surface area (TPSA) is 9.23 Å². The van der Waals surface area contributed by atoms with Crippen molar-refractivity contribution < 1.29 is 4.74 Å². The molecule has 0 amide bonds. The maximum Gasteiger partial charge on any atom is 0.122 e. The normalized spacial score (nSPS) is 14.2. The molecule has 1 aromatic carbocycles. The van der Waals surface area contributed by atoms with E-state index in [9.17, 15) is 0 Å². The van der Waals surface area contributed by atoms with E-state index in [0.717, 1.165) is 12.2 Å². The first-order valence-electron chi connectivity index (χ1n) is 4.71. The van der Waals surface area contributed by atoms with Crippen molar-refractivity contribution in [2.75, 3.05) is 12.5 Å². The number of hydrogen-bond acceptors (Lipinski definition) is 1. The molecule has 0 unspecified atom stereocenters. The van der Waals surface area contributed by atoms with E-state index in [1.54, 1.807) is 0 Å². The van der Waals surface area contributed by atoms with Crippen LogP contribution in [-0.4, -0.2) is 12.5 Å². The second-order valence-electron chi connectivity index (χ2n) is 3.28. The second kappa shape index (κ2) is 4.01. The molecule has 0 atom stereocenters. The third-order valence-corrected chi connectivity index (χ3v) is 2.59. The van der Waals surface area contributed by atoms with Crippen molar-refractivity contribution in [3.05, 3.63) is 29.3 Å². The third kappa shape index (κ3) is 1.80. The highest BCUT2D eigenvalue weighted by atomic mass is 35.5. The number of fused-ring (bicyclic) bond motifs is 1. The summed E-state index contributed by atoms with van der Waals surface area (Å²) in [6.07, 6.45) is 3.62. The first-order valence-corrected chi connectivity index (χ1v) is 5.25. The molecule has 0 saturated heterocycles. The molecule has 0 radical (unpaired) electrons. The smallest absolute Gasteiger partial charge is 0.122 e. The summed E-state index contributed by atoms with van der Waals surface area (Å²) in [5, 5.41) is 0. The highest BCUT2D eigenvalue weighted by molar-refractivity contribution is 6.18. The summed E-state index contributed by atoms with van der Waals surface area (Å²) in [6.45, 7) is 0.609. The Kier molecular flexibility index (Phi) is 2.74. The average molecular weight is 197 g/mol. The van der Waals surface area contributed by atoms with Gasteiger partial charge >= 0.3 is 0 Å². The monoisotopic (exact) mass is 196 g/mol. The summed E-state index contributed by atoms with van der Waals surface area (Å²) in [5.74, 6) is 1.60. The van der Waals surface area contributed by atoms with Crippen LogP contribution in [0.15, 0.2) is 18.2 Å². The number of benzene rings is 1. The zero-order valence-corrected chi connectivity index (χ0v) is 8.31. The summed E-state index contributed by atoms with van der Waals surface area (Å²) in [6, 6.07) is 6.29. The fourth-order valence-electron chi connectivity index (χ4n) is 1.87. The summed E-state index contributed by atoms with van der Waals surface area (Å²) in [5.41, 5.74) is 2.85. The Hall–Kier alpha value is -0.690. The van der Waals surface area contributed by atoms with Crippen LogP contribution in [0.3, 0.4) is 0 Å². The lowest BCUT2D eigenvalue weighted by molar-refractivity contribution is 0.339. The van der Waals surface area contributed by atoms with E-state index in [-0.39, 0.29) is 0 Å². The largest absolute Gasteiger partial charge is 0.492 e. The van der Waals surface area contributed by atoms with Gasteiger partial charge in [-0.25, -0.2) is 0 Å². The van der Waals surface area contributed by atoms with Gasteiger partial charge < -0.3 is 4.74 Å². The highest BCUT2D eigenvalue weighted by Crippen LogP contribution is 2.30. The van der Waals surface area contributed by atoms with Crippen LogP contribution < -0.4 is 4.74 Å². The van der Waals surface area contributed by atoms with Gasteiger partial charge in [-0.1, -0.05) is 12.1 Å². The van der Waals surface area contributed by atoms with E-state index in [4.69, 9.17) is 16.3 Å². The quantitative estimate of drug-likeness (QED) is 0.676. The zero-order chi connectivity index (χ0) is 9.10. The summed E-state index contributed by atoms with van der Waals surface area (Å²) < 4.78 is 5.57. The van der Waals surface area contributed by atoms with Crippen LogP contribution in [0.4, 0.5) is 0 Å². The molecule has 1 aliphatic carbocycles. The van der Waals surface area contributed by atoms with Gasteiger partial charge in [0.1, 0.15) is 12.4 Å². The molecule has 1 aliphatic rings. The van der Waals surface area contributed by atoms with Gasteiger partial charge in [0, 0.05) is 0 Å². The summed E-state index contributed by atoms with van der Waals surface area (Å²) >= 11 is 5.58. The van der Waals surface area contributed by atoms with Crippen molar-refractivity contribution in [1.29, 1.82) is 0 Å². The molecule has 2 heteroatoms. The lowest BCUT2D eigenvalue weighted by Gasteiger charge is -2.08. The molecule has 0 spiro atoms. The number of rotatable bonds is 3. The maximum absolute atomic E-state index is 5.58. The Morgan fingerprint density at radius 3 is 3.08 bits per heavy atom. The van der Waals surface area contributed by atoms with Crippen molar-refractivity contribution in [3.63, 3.8) is 0 Å². The van der Waals surface area contributed by atoms with Crippen LogP contribution in [-0.2, 0) is 12.8 Å². The van der Waals surface area contributed by atoms with Crippen LogP contribution in [0.25, 0.3) is 0 Å². The molecule has 0 N–H and O–H groups in total. The van der Waals surface area contributed by atoms with Crippen molar-refractivity contribution in [2.24, 2.45) is 0 Å². The van der Waals surface area contributed by atoms with Crippen molar-refractivity contribution in [2.45, 2.75) is 19.3 Å². The fourth-order valence-corrected chi connectivity index (χ4v) is 1.95. The number of alkyl halides is 1. The number of hydrogen-bond donors (Lipinski definition) is 0. The van der Waals surface area contributed by atoms with E-state index in [2.05, 4.69) is 12.1 Å². The van der Waals surface area contributed by atoms with E-state index in [1.165, 1.54) is 24.0 Å². The van der Waals surface area contributed by atoms with Crippen molar-refractivity contribution >= 4 is 11.6 Å². The van der Waals surface area contributed by atoms with Gasteiger partial charge in [0.05, 0.1) is 5.88 Å². The van der Waals surface area contributed by atoms with E-state index in [0.29, 0.717) is 12.5 Å². The van der Waals surface area contributed by atoms with Crippen molar-refractivity contribution in [3.8, 4) is 5.75 Å². The molecule has 0 bridgehead atoms. The van der Waals surface area contributed by atoms with Gasteiger partial charge in [-0.2, -0.15) is 0 Å². The zero-order valence-electron chi connectivity index (χ0n) is 7.55. The fraction of sp³-hybridized carbons (Fsp3) is 0.455. The molecule has 1 aromatic rings. The molecule has 0 saturated carbocycles. The van der Waals surface area contributed by atoms with Gasteiger partial charge in [0.15, 0.2) is 0 Å². The van der Waals surface area contributed by atoms with Crippen LogP contribution in [0.5, 0.6) is 5.75 Å². The molecule has 70 valence electrons. The number of halogens is 1. The number of aryl methyl sites for hydroxylation is 1. The standard InChI is InChI=1S/C11H13ClO/c12-7-8-13-11-6-2-4-9-3-1-5-10(9)11/h2,4,6H,1,3,5,7-8H2. The predicted molar refractivity (Wildman–Crippen MR) is 54.7 cm³/mol. The molecule has 13 heavy (non-hydrogen) atoms. The molecule has 0 aliphatic heterocycles.